The molecule has 110 valence electrons. The number of ether oxygens (including phenoxy) is 1. The molecule has 1 amide bonds. The molecule has 1 aliphatic heterocycles. The van der Waals surface area contributed by atoms with Gasteiger partial charge in [-0.25, -0.2) is 0 Å². The fourth-order valence-electron chi connectivity index (χ4n) is 2.53. The maximum absolute atomic E-state index is 11.7. The van der Waals surface area contributed by atoms with E-state index in [1.165, 1.54) is 25.7 Å². The average Bonchev–Trinajstić information content (AvgIpc) is 3.26. The first-order valence-corrected chi connectivity index (χ1v) is 7.90. The summed E-state index contributed by atoms with van der Waals surface area (Å²) in [6.45, 7) is 4.69. The molecule has 0 atom stereocenters. The van der Waals surface area contributed by atoms with Crippen LogP contribution in [0.25, 0.3) is 0 Å². The Bertz CT molecular complexity index is 261. The van der Waals surface area contributed by atoms with Crippen molar-refractivity contribution < 1.29 is 9.53 Å². The molecule has 0 aromatic rings. The molecule has 2 fully saturated rings. The van der Waals surface area contributed by atoms with Crippen LogP contribution in [-0.2, 0) is 9.53 Å². The maximum atomic E-state index is 11.7. The van der Waals surface area contributed by atoms with Gasteiger partial charge < -0.3 is 15.4 Å². The predicted octanol–water partition coefficient (Wildman–Crippen LogP) is 1.70. The van der Waals surface area contributed by atoms with Gasteiger partial charge in [0.2, 0.25) is 5.91 Å². The van der Waals surface area contributed by atoms with Gasteiger partial charge in [0.25, 0.3) is 0 Å². The lowest BCUT2D eigenvalue weighted by Crippen LogP contribution is -2.30. The zero-order valence-corrected chi connectivity index (χ0v) is 12.0. The number of carbonyl (C=O) groups is 1. The molecule has 0 radical (unpaired) electrons. The van der Waals surface area contributed by atoms with Gasteiger partial charge in [0.05, 0.1) is 0 Å². The standard InChI is InChI=1S/C15H28N2O2/c18-15(5-4-13-6-9-16-10-7-13)17-8-1-11-19-12-14-2-3-14/h13-14,16H,1-12H2,(H,17,18). The van der Waals surface area contributed by atoms with Crippen LogP contribution in [0.1, 0.15) is 44.9 Å². The molecule has 1 saturated carbocycles. The molecule has 2 N–H and O–H groups in total. The lowest BCUT2D eigenvalue weighted by molar-refractivity contribution is -0.121. The van der Waals surface area contributed by atoms with Crippen molar-refractivity contribution in [2.75, 3.05) is 32.8 Å². The van der Waals surface area contributed by atoms with Crippen molar-refractivity contribution in [1.29, 1.82) is 0 Å². The zero-order valence-electron chi connectivity index (χ0n) is 12.0. The summed E-state index contributed by atoms with van der Waals surface area (Å²) < 4.78 is 5.54. The number of amides is 1. The second kappa shape index (κ2) is 8.54. The third kappa shape index (κ3) is 6.92. The highest BCUT2D eigenvalue weighted by atomic mass is 16.5. The first-order chi connectivity index (χ1) is 9.34. The average molecular weight is 268 g/mol. The lowest BCUT2D eigenvalue weighted by atomic mass is 9.93. The molecule has 0 unspecified atom stereocenters. The predicted molar refractivity (Wildman–Crippen MR) is 76.0 cm³/mol. The highest BCUT2D eigenvalue weighted by molar-refractivity contribution is 5.75. The van der Waals surface area contributed by atoms with E-state index in [0.29, 0.717) is 6.42 Å². The number of hydrogen-bond donors (Lipinski definition) is 2. The van der Waals surface area contributed by atoms with Crippen molar-refractivity contribution in [2.24, 2.45) is 11.8 Å². The highest BCUT2D eigenvalue weighted by Gasteiger charge is 2.20. The Morgan fingerprint density at radius 2 is 1.95 bits per heavy atom. The molecule has 0 spiro atoms. The van der Waals surface area contributed by atoms with Gasteiger partial charge in [-0.3, -0.25) is 4.79 Å². The monoisotopic (exact) mass is 268 g/mol. The van der Waals surface area contributed by atoms with E-state index in [9.17, 15) is 4.79 Å². The van der Waals surface area contributed by atoms with Crippen molar-refractivity contribution in [3.8, 4) is 0 Å². The molecule has 1 aliphatic carbocycles. The van der Waals surface area contributed by atoms with Crippen molar-refractivity contribution in [3.05, 3.63) is 0 Å². The Morgan fingerprint density at radius 1 is 1.16 bits per heavy atom. The first kappa shape index (κ1) is 14.8. The van der Waals surface area contributed by atoms with Crippen molar-refractivity contribution in [2.45, 2.75) is 44.9 Å². The molecule has 19 heavy (non-hydrogen) atoms. The van der Waals surface area contributed by atoms with E-state index in [4.69, 9.17) is 4.74 Å². The maximum Gasteiger partial charge on any atom is 0.220 e. The minimum Gasteiger partial charge on any atom is -0.381 e. The summed E-state index contributed by atoms with van der Waals surface area (Å²) in [5, 5.41) is 6.35. The zero-order chi connectivity index (χ0) is 13.3. The van der Waals surface area contributed by atoms with Crippen LogP contribution >= 0.6 is 0 Å². The second-order valence-corrected chi connectivity index (χ2v) is 5.95. The first-order valence-electron chi connectivity index (χ1n) is 7.90. The van der Waals surface area contributed by atoms with Gasteiger partial charge in [-0.05, 0) is 63.5 Å². The van der Waals surface area contributed by atoms with Crippen LogP contribution in [-0.4, -0.2) is 38.8 Å². The van der Waals surface area contributed by atoms with Gasteiger partial charge in [-0.15, -0.1) is 0 Å². The summed E-state index contributed by atoms with van der Waals surface area (Å²) in [7, 11) is 0. The normalized spacial score (nSPS) is 20.4. The fraction of sp³-hybridized carbons (Fsp3) is 0.933. The molecule has 2 rings (SSSR count). The van der Waals surface area contributed by atoms with Crippen molar-refractivity contribution in [3.63, 3.8) is 0 Å². The smallest absolute Gasteiger partial charge is 0.220 e. The van der Waals surface area contributed by atoms with Crippen LogP contribution in [0.4, 0.5) is 0 Å². The van der Waals surface area contributed by atoms with Crippen molar-refractivity contribution in [1.82, 2.24) is 10.6 Å². The van der Waals surface area contributed by atoms with Gasteiger partial charge in [0.15, 0.2) is 0 Å². The molecule has 2 aliphatic rings. The van der Waals surface area contributed by atoms with E-state index in [0.717, 1.165) is 57.5 Å². The summed E-state index contributed by atoms with van der Waals surface area (Å²) in [5.41, 5.74) is 0. The minimum absolute atomic E-state index is 0.209. The fourth-order valence-corrected chi connectivity index (χ4v) is 2.53. The van der Waals surface area contributed by atoms with E-state index < -0.39 is 0 Å². The van der Waals surface area contributed by atoms with Crippen LogP contribution < -0.4 is 10.6 Å². The van der Waals surface area contributed by atoms with Crippen molar-refractivity contribution >= 4 is 5.91 Å². The minimum atomic E-state index is 0.209. The molecule has 0 aromatic heterocycles. The number of hydrogen-bond acceptors (Lipinski definition) is 3. The Labute approximate surface area is 116 Å². The third-order valence-corrected chi connectivity index (χ3v) is 4.08. The van der Waals surface area contributed by atoms with E-state index in [2.05, 4.69) is 10.6 Å². The Kier molecular flexibility index (Phi) is 6.65. The molecule has 4 heteroatoms. The number of nitrogens with one attached hydrogen (secondary N) is 2. The molecule has 0 aromatic carbocycles. The summed E-state index contributed by atoms with van der Waals surface area (Å²) in [6, 6.07) is 0. The lowest BCUT2D eigenvalue weighted by Gasteiger charge is -2.22. The summed E-state index contributed by atoms with van der Waals surface area (Å²) in [4.78, 5) is 11.7. The quantitative estimate of drug-likeness (QED) is 0.626. The molecule has 4 nitrogen and oxygen atoms in total. The van der Waals surface area contributed by atoms with E-state index in [1.807, 2.05) is 0 Å². The number of rotatable bonds is 9. The molecule has 0 bridgehead atoms. The Hall–Kier alpha value is -0.610. The van der Waals surface area contributed by atoms with Crippen LogP contribution in [0.2, 0.25) is 0 Å². The topological polar surface area (TPSA) is 50.4 Å². The Morgan fingerprint density at radius 3 is 2.68 bits per heavy atom. The Balaban J connectivity index is 1.38. The summed E-state index contributed by atoms with van der Waals surface area (Å²) in [5.74, 6) is 1.79. The van der Waals surface area contributed by atoms with E-state index >= 15 is 0 Å². The largest absolute Gasteiger partial charge is 0.381 e. The number of carbonyl (C=O) groups excluding carboxylic acids is 1. The summed E-state index contributed by atoms with van der Waals surface area (Å²) >= 11 is 0. The van der Waals surface area contributed by atoms with Gasteiger partial charge in [-0.1, -0.05) is 0 Å². The van der Waals surface area contributed by atoms with Crippen LogP contribution in [0.5, 0.6) is 0 Å². The van der Waals surface area contributed by atoms with E-state index in [-0.39, 0.29) is 5.91 Å². The van der Waals surface area contributed by atoms with Gasteiger partial charge in [0, 0.05) is 26.2 Å². The van der Waals surface area contributed by atoms with Gasteiger partial charge in [-0.2, -0.15) is 0 Å². The second-order valence-electron chi connectivity index (χ2n) is 5.95. The highest BCUT2D eigenvalue weighted by Crippen LogP contribution is 2.28. The van der Waals surface area contributed by atoms with Gasteiger partial charge in [0.1, 0.15) is 0 Å². The summed E-state index contributed by atoms with van der Waals surface area (Å²) in [6.07, 6.45) is 7.80. The van der Waals surface area contributed by atoms with Crippen LogP contribution in [0.3, 0.4) is 0 Å². The molecular weight excluding hydrogens is 240 g/mol. The molecular formula is C15H28N2O2. The third-order valence-electron chi connectivity index (χ3n) is 4.08. The SMILES string of the molecule is O=C(CCC1CCNCC1)NCCCOCC1CC1. The van der Waals surface area contributed by atoms with Gasteiger partial charge >= 0.3 is 0 Å². The number of piperidine rings is 1. The molecule has 1 saturated heterocycles. The van der Waals surface area contributed by atoms with E-state index in [1.54, 1.807) is 0 Å². The van der Waals surface area contributed by atoms with Crippen LogP contribution in [0, 0.1) is 11.8 Å². The van der Waals surface area contributed by atoms with Crippen LogP contribution in [0.15, 0.2) is 0 Å². The molecule has 1 heterocycles.